The second-order valence-corrected chi connectivity index (χ2v) is 6.64. The molecule has 1 atom stereocenters. The Bertz CT molecular complexity index is 871. The number of allylic oxidation sites excluding steroid dienone is 1. The van der Waals surface area contributed by atoms with Crippen LogP contribution in [0.2, 0.25) is 0 Å². The van der Waals surface area contributed by atoms with Gasteiger partial charge in [-0.05, 0) is 50.1 Å². The minimum Gasteiger partial charge on any atom is -0.490 e. The summed E-state index contributed by atoms with van der Waals surface area (Å²) in [5.41, 5.74) is 2.43. The van der Waals surface area contributed by atoms with Crippen molar-refractivity contribution in [3.63, 3.8) is 0 Å². The van der Waals surface area contributed by atoms with E-state index in [1.54, 1.807) is 45.3 Å². The number of carbonyl (C=O) groups is 2. The molecule has 5 heteroatoms. The Morgan fingerprint density at radius 1 is 1.11 bits per heavy atom. The summed E-state index contributed by atoms with van der Waals surface area (Å²) in [7, 11) is 3.37. The molecule has 2 rings (SSSR count). The monoisotopic (exact) mass is 381 g/mol. The molecule has 0 aliphatic rings. The van der Waals surface area contributed by atoms with E-state index < -0.39 is 6.10 Å². The van der Waals surface area contributed by atoms with Crippen molar-refractivity contribution in [3.05, 3.63) is 65.2 Å². The highest BCUT2D eigenvalue weighted by atomic mass is 16.5. The Morgan fingerprint density at radius 3 is 2.46 bits per heavy atom. The summed E-state index contributed by atoms with van der Waals surface area (Å²) < 4.78 is 11.4. The molecular formula is C23H27NO4. The highest BCUT2D eigenvalue weighted by Crippen LogP contribution is 2.30. The zero-order chi connectivity index (χ0) is 20.7. The molecule has 0 unspecified atom stereocenters. The number of hydrogen-bond donors (Lipinski definition) is 0. The van der Waals surface area contributed by atoms with Gasteiger partial charge in [0, 0.05) is 19.7 Å². The quantitative estimate of drug-likeness (QED) is 0.509. The SMILES string of the molecule is CCOc1cc(/C=C/C(=O)c2ccccc2C)ccc1O[C@H](C)C(=O)N(C)C. The Morgan fingerprint density at radius 2 is 1.82 bits per heavy atom. The van der Waals surface area contributed by atoms with E-state index in [4.69, 9.17) is 9.47 Å². The lowest BCUT2D eigenvalue weighted by Crippen LogP contribution is -2.35. The molecule has 1 amide bonds. The fourth-order valence-corrected chi connectivity index (χ4v) is 2.71. The molecule has 5 nitrogen and oxygen atoms in total. The van der Waals surface area contributed by atoms with Gasteiger partial charge in [0.05, 0.1) is 6.61 Å². The third-order valence-corrected chi connectivity index (χ3v) is 4.20. The number of ketones is 1. The molecule has 0 radical (unpaired) electrons. The molecule has 0 fully saturated rings. The molecule has 28 heavy (non-hydrogen) atoms. The largest absolute Gasteiger partial charge is 0.490 e. The normalized spacial score (nSPS) is 11.9. The summed E-state index contributed by atoms with van der Waals surface area (Å²) in [6, 6.07) is 12.9. The van der Waals surface area contributed by atoms with Gasteiger partial charge in [-0.3, -0.25) is 9.59 Å². The van der Waals surface area contributed by atoms with Crippen LogP contribution in [0.15, 0.2) is 48.5 Å². The Labute approximate surface area is 166 Å². The van der Waals surface area contributed by atoms with Crippen LogP contribution in [0.3, 0.4) is 0 Å². The first-order valence-electron chi connectivity index (χ1n) is 9.26. The number of likely N-dealkylation sites (N-methyl/N-ethyl adjacent to an activating group) is 1. The van der Waals surface area contributed by atoms with Gasteiger partial charge >= 0.3 is 0 Å². The van der Waals surface area contributed by atoms with Crippen LogP contribution in [0.4, 0.5) is 0 Å². The van der Waals surface area contributed by atoms with E-state index >= 15 is 0 Å². The maximum atomic E-state index is 12.4. The average molecular weight is 381 g/mol. The van der Waals surface area contributed by atoms with Crippen molar-refractivity contribution in [3.8, 4) is 11.5 Å². The second kappa shape index (κ2) is 9.74. The minimum atomic E-state index is -0.627. The Kier molecular flexibility index (Phi) is 7.38. The van der Waals surface area contributed by atoms with Gasteiger partial charge < -0.3 is 14.4 Å². The number of aryl methyl sites for hydroxylation is 1. The Hall–Kier alpha value is -3.08. The van der Waals surface area contributed by atoms with Crippen LogP contribution in [0, 0.1) is 6.92 Å². The zero-order valence-electron chi connectivity index (χ0n) is 17.1. The number of benzene rings is 2. The maximum absolute atomic E-state index is 12.4. The van der Waals surface area contributed by atoms with E-state index in [0.717, 1.165) is 11.1 Å². The number of hydrogen-bond acceptors (Lipinski definition) is 4. The van der Waals surface area contributed by atoms with Crippen LogP contribution in [0.25, 0.3) is 6.08 Å². The molecular weight excluding hydrogens is 354 g/mol. The van der Waals surface area contributed by atoms with Crippen molar-refractivity contribution >= 4 is 17.8 Å². The molecule has 0 N–H and O–H groups in total. The molecule has 0 aromatic heterocycles. The molecule has 0 aliphatic carbocycles. The Balaban J connectivity index is 2.20. The van der Waals surface area contributed by atoms with Crippen LogP contribution in [0.1, 0.15) is 35.3 Å². The van der Waals surface area contributed by atoms with Crippen molar-refractivity contribution in [2.75, 3.05) is 20.7 Å². The average Bonchev–Trinajstić information content (AvgIpc) is 2.67. The number of carbonyl (C=O) groups excluding carboxylic acids is 2. The van der Waals surface area contributed by atoms with Crippen molar-refractivity contribution in [1.29, 1.82) is 0 Å². The minimum absolute atomic E-state index is 0.0541. The fraction of sp³-hybridized carbons (Fsp3) is 0.304. The van der Waals surface area contributed by atoms with Crippen LogP contribution in [0.5, 0.6) is 11.5 Å². The van der Waals surface area contributed by atoms with E-state index in [0.29, 0.717) is 23.7 Å². The third-order valence-electron chi connectivity index (χ3n) is 4.20. The van der Waals surface area contributed by atoms with Gasteiger partial charge in [0.15, 0.2) is 23.4 Å². The molecule has 2 aromatic carbocycles. The molecule has 148 valence electrons. The second-order valence-electron chi connectivity index (χ2n) is 6.64. The summed E-state index contributed by atoms with van der Waals surface area (Å²) in [5.74, 6) is 0.843. The van der Waals surface area contributed by atoms with Gasteiger partial charge in [-0.15, -0.1) is 0 Å². The van der Waals surface area contributed by atoms with Gasteiger partial charge in [-0.25, -0.2) is 0 Å². The van der Waals surface area contributed by atoms with Crippen molar-refractivity contribution in [1.82, 2.24) is 4.90 Å². The summed E-state index contributed by atoms with van der Waals surface area (Å²) in [6.07, 6.45) is 2.67. The number of amides is 1. The van der Waals surface area contributed by atoms with Crippen molar-refractivity contribution in [2.45, 2.75) is 26.9 Å². The van der Waals surface area contributed by atoms with Gasteiger partial charge in [0.2, 0.25) is 0 Å². The molecule has 2 aromatic rings. The molecule has 0 heterocycles. The lowest BCUT2D eigenvalue weighted by molar-refractivity contribution is -0.135. The van der Waals surface area contributed by atoms with E-state index in [-0.39, 0.29) is 11.7 Å². The predicted molar refractivity (Wildman–Crippen MR) is 111 cm³/mol. The first-order valence-corrected chi connectivity index (χ1v) is 9.26. The molecule has 0 bridgehead atoms. The standard InChI is InChI=1S/C23H27NO4/c1-6-27-22-15-18(11-13-20(25)19-10-8-7-9-16(19)2)12-14-21(22)28-17(3)23(26)24(4)5/h7-15,17H,6H2,1-5H3/b13-11+/t17-/m1/s1. The highest BCUT2D eigenvalue weighted by molar-refractivity contribution is 6.07. The first kappa shape index (κ1) is 21.2. The molecule has 0 spiro atoms. The maximum Gasteiger partial charge on any atom is 0.262 e. The smallest absolute Gasteiger partial charge is 0.262 e. The lowest BCUT2D eigenvalue weighted by Gasteiger charge is -2.20. The van der Waals surface area contributed by atoms with Crippen LogP contribution < -0.4 is 9.47 Å². The first-order chi connectivity index (χ1) is 13.3. The van der Waals surface area contributed by atoms with Crippen LogP contribution in [-0.4, -0.2) is 43.4 Å². The summed E-state index contributed by atoms with van der Waals surface area (Å²) >= 11 is 0. The lowest BCUT2D eigenvalue weighted by atomic mass is 10.0. The molecule has 0 saturated carbocycles. The fourth-order valence-electron chi connectivity index (χ4n) is 2.71. The number of nitrogens with zero attached hydrogens (tertiary/aromatic N) is 1. The van der Waals surface area contributed by atoms with Gasteiger partial charge in [-0.1, -0.05) is 36.4 Å². The van der Waals surface area contributed by atoms with Crippen LogP contribution >= 0.6 is 0 Å². The van der Waals surface area contributed by atoms with Gasteiger partial charge in [0.1, 0.15) is 0 Å². The summed E-state index contributed by atoms with van der Waals surface area (Å²) in [5, 5.41) is 0. The van der Waals surface area contributed by atoms with Crippen LogP contribution in [-0.2, 0) is 4.79 Å². The van der Waals surface area contributed by atoms with Gasteiger partial charge in [-0.2, -0.15) is 0 Å². The van der Waals surface area contributed by atoms with Crippen molar-refractivity contribution in [2.24, 2.45) is 0 Å². The summed E-state index contributed by atoms with van der Waals surface area (Å²) in [6.45, 7) is 5.95. The van der Waals surface area contributed by atoms with E-state index in [1.165, 1.54) is 4.90 Å². The number of ether oxygens (including phenoxy) is 2. The van der Waals surface area contributed by atoms with E-state index in [9.17, 15) is 9.59 Å². The van der Waals surface area contributed by atoms with Crippen molar-refractivity contribution < 1.29 is 19.1 Å². The number of rotatable bonds is 8. The van der Waals surface area contributed by atoms with Gasteiger partial charge in [0.25, 0.3) is 5.91 Å². The highest BCUT2D eigenvalue weighted by Gasteiger charge is 2.18. The van der Waals surface area contributed by atoms with E-state index in [2.05, 4.69) is 0 Å². The zero-order valence-corrected chi connectivity index (χ0v) is 17.1. The summed E-state index contributed by atoms with van der Waals surface area (Å²) in [4.78, 5) is 25.9. The topological polar surface area (TPSA) is 55.8 Å². The molecule has 0 aliphatic heterocycles. The van der Waals surface area contributed by atoms with E-state index in [1.807, 2.05) is 44.2 Å². The predicted octanol–water partition coefficient (Wildman–Crippen LogP) is 4.15. The third kappa shape index (κ3) is 5.46. The molecule has 0 saturated heterocycles.